The molecular weight excluding hydrogens is 362 g/mol. The molecule has 2 aliphatic rings. The minimum atomic E-state index is -0.315. The Hall–Kier alpha value is -2.71. The molecule has 140 valence electrons. The van der Waals surface area contributed by atoms with Crippen LogP contribution in [0.15, 0.2) is 48.7 Å². The molecule has 1 heterocycles. The number of hydrogen-bond donors (Lipinski definition) is 1. The molecule has 1 aliphatic carbocycles. The smallest absolute Gasteiger partial charge is 0.246 e. The molecule has 1 fully saturated rings. The molecule has 0 radical (unpaired) electrons. The molecule has 2 unspecified atom stereocenters. The predicted molar refractivity (Wildman–Crippen MR) is 106 cm³/mol. The van der Waals surface area contributed by atoms with Gasteiger partial charge in [-0.1, -0.05) is 31.2 Å². The number of benzene rings is 1. The Kier molecular flexibility index (Phi) is 5.57. The topological polar surface area (TPSA) is 67.6 Å². The van der Waals surface area contributed by atoms with Crippen molar-refractivity contribution in [3.05, 3.63) is 59.3 Å². The quantitative estimate of drug-likeness (QED) is 0.812. The number of phenolic OH excluding ortho intramolecular Hbond substituents is 1. The molecule has 6 heteroatoms. The molecule has 27 heavy (non-hydrogen) atoms. The first kappa shape index (κ1) is 19.1. The summed E-state index contributed by atoms with van der Waals surface area (Å²) in [5.74, 6) is -0.292. The maximum atomic E-state index is 11.8. The van der Waals surface area contributed by atoms with Crippen LogP contribution in [0, 0.1) is 23.2 Å². The molecule has 5 nitrogen and oxygen atoms in total. The van der Waals surface area contributed by atoms with Crippen LogP contribution in [0.1, 0.15) is 12.5 Å². The largest absolute Gasteiger partial charge is 0.508 e. The predicted octanol–water partition coefficient (Wildman–Crippen LogP) is 3.43. The van der Waals surface area contributed by atoms with Crippen LogP contribution in [0.4, 0.5) is 0 Å². The lowest BCUT2D eigenvalue weighted by molar-refractivity contribution is -0.127. The third-order valence-corrected chi connectivity index (χ3v) is 5.60. The number of piperazine rings is 1. The van der Waals surface area contributed by atoms with Gasteiger partial charge in [0.2, 0.25) is 5.91 Å². The van der Waals surface area contributed by atoms with Crippen molar-refractivity contribution in [1.29, 1.82) is 5.26 Å². The van der Waals surface area contributed by atoms with E-state index < -0.39 is 0 Å². The Morgan fingerprint density at radius 2 is 2.04 bits per heavy atom. The number of phenols is 1. The van der Waals surface area contributed by atoms with Crippen molar-refractivity contribution in [2.24, 2.45) is 11.8 Å². The fourth-order valence-corrected chi connectivity index (χ4v) is 3.96. The zero-order chi connectivity index (χ0) is 19.6. The van der Waals surface area contributed by atoms with Crippen molar-refractivity contribution in [1.82, 2.24) is 9.80 Å². The zero-order valence-electron chi connectivity index (χ0n) is 15.2. The van der Waals surface area contributed by atoms with Crippen LogP contribution in [0.25, 0.3) is 5.57 Å². The molecule has 1 N–H and O–H groups in total. The van der Waals surface area contributed by atoms with Crippen molar-refractivity contribution >= 4 is 23.1 Å². The van der Waals surface area contributed by atoms with Gasteiger partial charge in [0.25, 0.3) is 0 Å². The highest BCUT2D eigenvalue weighted by molar-refractivity contribution is 6.32. The lowest BCUT2D eigenvalue weighted by Gasteiger charge is -2.40. The molecule has 1 aromatic rings. The van der Waals surface area contributed by atoms with E-state index in [0.29, 0.717) is 31.2 Å². The van der Waals surface area contributed by atoms with Gasteiger partial charge in [0.05, 0.1) is 12.0 Å². The number of amides is 1. The average Bonchev–Trinajstić information content (AvgIpc) is 2.69. The first-order valence-electron chi connectivity index (χ1n) is 8.92. The fourth-order valence-electron chi connectivity index (χ4n) is 3.73. The van der Waals surface area contributed by atoms with Crippen LogP contribution in [0.5, 0.6) is 5.75 Å². The van der Waals surface area contributed by atoms with Crippen LogP contribution in [0.2, 0.25) is 5.02 Å². The van der Waals surface area contributed by atoms with E-state index in [-0.39, 0.29) is 23.5 Å². The summed E-state index contributed by atoms with van der Waals surface area (Å²) in [6, 6.07) is 7.27. The molecule has 1 saturated heterocycles. The van der Waals surface area contributed by atoms with E-state index in [1.165, 1.54) is 6.08 Å². The SMILES string of the molecule is C=CC(=O)N1CCN(C2=CC=C(c3cc(O)ccc3Cl)C(C)C2C#N)CC1. The minimum absolute atomic E-state index is 0.0572. The van der Waals surface area contributed by atoms with E-state index >= 15 is 0 Å². The van der Waals surface area contributed by atoms with Crippen molar-refractivity contribution in [2.75, 3.05) is 26.2 Å². The summed E-state index contributed by atoms with van der Waals surface area (Å²) in [6.07, 6.45) is 5.29. The summed E-state index contributed by atoms with van der Waals surface area (Å²) in [6.45, 7) is 8.14. The molecule has 3 rings (SSSR count). The van der Waals surface area contributed by atoms with Gasteiger partial charge in [0, 0.05) is 48.4 Å². The molecule has 1 amide bonds. The summed E-state index contributed by atoms with van der Waals surface area (Å²) >= 11 is 6.32. The molecular formula is C21H22ClN3O2. The molecule has 0 bridgehead atoms. The van der Waals surface area contributed by atoms with Crippen LogP contribution in [-0.4, -0.2) is 47.0 Å². The van der Waals surface area contributed by atoms with Crippen molar-refractivity contribution in [3.8, 4) is 11.8 Å². The van der Waals surface area contributed by atoms with Gasteiger partial charge in [-0.3, -0.25) is 4.79 Å². The first-order chi connectivity index (χ1) is 13.0. The van der Waals surface area contributed by atoms with Gasteiger partial charge < -0.3 is 14.9 Å². The van der Waals surface area contributed by atoms with E-state index in [9.17, 15) is 15.2 Å². The number of carbonyl (C=O) groups is 1. The summed E-state index contributed by atoms with van der Waals surface area (Å²) in [7, 11) is 0. The second-order valence-electron chi connectivity index (χ2n) is 6.79. The van der Waals surface area contributed by atoms with Gasteiger partial charge in [-0.15, -0.1) is 0 Å². The number of aromatic hydroxyl groups is 1. The monoisotopic (exact) mass is 383 g/mol. The Balaban J connectivity index is 1.87. The van der Waals surface area contributed by atoms with Crippen molar-refractivity contribution in [2.45, 2.75) is 6.92 Å². The molecule has 0 spiro atoms. The van der Waals surface area contributed by atoms with Gasteiger partial charge >= 0.3 is 0 Å². The minimum Gasteiger partial charge on any atom is -0.508 e. The van der Waals surface area contributed by atoms with Gasteiger partial charge in [-0.05, 0) is 35.9 Å². The maximum Gasteiger partial charge on any atom is 0.246 e. The Morgan fingerprint density at radius 1 is 1.33 bits per heavy atom. The van der Waals surface area contributed by atoms with Crippen molar-refractivity contribution in [3.63, 3.8) is 0 Å². The second-order valence-corrected chi connectivity index (χ2v) is 7.20. The highest BCUT2D eigenvalue weighted by atomic mass is 35.5. The van der Waals surface area contributed by atoms with Crippen molar-refractivity contribution < 1.29 is 9.90 Å². The third kappa shape index (κ3) is 3.72. The fraction of sp³-hybridized carbons (Fsp3) is 0.333. The van der Waals surface area contributed by atoms with Gasteiger partial charge in [0.15, 0.2) is 0 Å². The summed E-state index contributed by atoms with van der Waals surface area (Å²) in [5.41, 5.74) is 2.66. The molecule has 2 atom stereocenters. The Labute approximate surface area is 164 Å². The number of carbonyl (C=O) groups excluding carboxylic acids is 1. The summed E-state index contributed by atoms with van der Waals surface area (Å²) < 4.78 is 0. The Bertz CT molecular complexity index is 861. The standard InChI is InChI=1S/C21H22ClN3O2/c1-3-21(27)25-10-8-24(9-11-25)20-7-5-16(14(2)18(20)13-23)17-12-15(26)4-6-19(17)22/h3-7,12,14,18,26H,1,8-11H2,2H3. The lowest BCUT2D eigenvalue weighted by Crippen LogP contribution is -2.49. The third-order valence-electron chi connectivity index (χ3n) is 5.27. The number of hydrogen-bond acceptors (Lipinski definition) is 4. The summed E-state index contributed by atoms with van der Waals surface area (Å²) in [4.78, 5) is 15.7. The van der Waals surface area contributed by atoms with Crippen LogP contribution in [0.3, 0.4) is 0 Å². The Morgan fingerprint density at radius 3 is 2.67 bits per heavy atom. The van der Waals surface area contributed by atoms with Gasteiger partial charge in [-0.2, -0.15) is 5.26 Å². The molecule has 0 aromatic heterocycles. The highest BCUT2D eigenvalue weighted by Gasteiger charge is 2.33. The first-order valence-corrected chi connectivity index (χ1v) is 9.30. The number of allylic oxidation sites excluding steroid dienone is 4. The number of rotatable bonds is 3. The van der Waals surface area contributed by atoms with Gasteiger partial charge in [-0.25, -0.2) is 0 Å². The molecule has 1 aromatic carbocycles. The van der Waals surface area contributed by atoms with Crippen LogP contribution >= 0.6 is 11.6 Å². The number of nitrogens with zero attached hydrogens (tertiary/aromatic N) is 3. The molecule has 0 saturated carbocycles. The zero-order valence-corrected chi connectivity index (χ0v) is 16.0. The number of halogens is 1. The second kappa shape index (κ2) is 7.89. The van der Waals surface area contributed by atoms with Crippen LogP contribution in [-0.2, 0) is 4.79 Å². The van der Waals surface area contributed by atoms with E-state index in [2.05, 4.69) is 17.5 Å². The van der Waals surface area contributed by atoms with E-state index in [4.69, 9.17) is 11.6 Å². The molecule has 1 aliphatic heterocycles. The van der Waals surface area contributed by atoms with Crippen LogP contribution < -0.4 is 0 Å². The van der Waals surface area contributed by atoms with Gasteiger partial charge in [0.1, 0.15) is 5.75 Å². The van der Waals surface area contributed by atoms with E-state index in [0.717, 1.165) is 16.8 Å². The highest BCUT2D eigenvalue weighted by Crippen LogP contribution is 2.41. The lowest BCUT2D eigenvalue weighted by atomic mass is 9.78. The summed E-state index contributed by atoms with van der Waals surface area (Å²) in [5, 5.41) is 20.2. The number of nitriles is 1. The van der Waals surface area contributed by atoms with E-state index in [1.807, 2.05) is 19.1 Å². The normalized spacial score (nSPS) is 22.6. The average molecular weight is 384 g/mol. The maximum absolute atomic E-state index is 11.8. The van der Waals surface area contributed by atoms with E-state index in [1.54, 1.807) is 23.1 Å².